The van der Waals surface area contributed by atoms with Gasteiger partial charge in [0.05, 0.1) is 0 Å². The average molecular weight is 415 g/mol. The molecule has 130 valence electrons. The van der Waals surface area contributed by atoms with Gasteiger partial charge >= 0.3 is 0 Å². The van der Waals surface area contributed by atoms with Gasteiger partial charge in [0, 0.05) is 17.0 Å². The van der Waals surface area contributed by atoms with E-state index in [0.29, 0.717) is 21.6 Å². The van der Waals surface area contributed by atoms with Crippen LogP contribution in [0.5, 0.6) is 0 Å². The predicted molar refractivity (Wildman–Crippen MR) is 106 cm³/mol. The SMILES string of the molecule is Cl.O=C(Nc1ccccc1)c1ccccc1CSc1nc(Cl)c(Cl)[nH]1. The Morgan fingerprint density at radius 1 is 1.08 bits per heavy atom. The number of benzene rings is 2. The third kappa shape index (κ3) is 5.16. The van der Waals surface area contributed by atoms with Gasteiger partial charge in [-0.1, -0.05) is 71.4 Å². The van der Waals surface area contributed by atoms with Gasteiger partial charge in [-0.25, -0.2) is 4.98 Å². The number of imidazole rings is 1. The number of nitrogens with zero attached hydrogens (tertiary/aromatic N) is 1. The first-order valence-corrected chi connectivity index (χ1v) is 8.86. The molecule has 4 nitrogen and oxygen atoms in total. The molecule has 0 bridgehead atoms. The van der Waals surface area contributed by atoms with Crippen LogP contribution in [0.2, 0.25) is 10.3 Å². The van der Waals surface area contributed by atoms with Crippen molar-refractivity contribution in [1.29, 1.82) is 0 Å². The van der Waals surface area contributed by atoms with E-state index in [0.717, 1.165) is 11.3 Å². The van der Waals surface area contributed by atoms with Crippen molar-refractivity contribution in [3.8, 4) is 0 Å². The number of amides is 1. The van der Waals surface area contributed by atoms with Crippen LogP contribution in [0.25, 0.3) is 0 Å². The molecule has 8 heteroatoms. The van der Waals surface area contributed by atoms with Crippen LogP contribution in [0.4, 0.5) is 5.69 Å². The molecule has 0 saturated heterocycles. The number of hydrogen-bond donors (Lipinski definition) is 2. The summed E-state index contributed by atoms with van der Waals surface area (Å²) in [5.41, 5.74) is 2.28. The highest BCUT2D eigenvalue weighted by atomic mass is 35.5. The first kappa shape index (κ1) is 19.7. The van der Waals surface area contributed by atoms with E-state index in [-0.39, 0.29) is 23.5 Å². The van der Waals surface area contributed by atoms with Gasteiger partial charge in [0.25, 0.3) is 5.91 Å². The van der Waals surface area contributed by atoms with Crippen molar-refractivity contribution in [2.45, 2.75) is 10.9 Å². The van der Waals surface area contributed by atoms with Crippen LogP contribution in [0.3, 0.4) is 0 Å². The highest BCUT2D eigenvalue weighted by molar-refractivity contribution is 7.98. The van der Waals surface area contributed by atoms with Crippen molar-refractivity contribution < 1.29 is 4.79 Å². The van der Waals surface area contributed by atoms with Crippen LogP contribution in [0, 0.1) is 0 Å². The Labute approximate surface area is 165 Å². The standard InChI is InChI=1S/C17H13Cl2N3OS.ClH/c18-14-15(19)22-17(21-14)24-10-11-6-4-5-9-13(11)16(23)20-12-7-2-1-3-8-12;/h1-9H,10H2,(H,20,23)(H,21,22);1H. The van der Waals surface area contributed by atoms with Gasteiger partial charge in [-0.15, -0.1) is 12.4 Å². The number of rotatable bonds is 5. The van der Waals surface area contributed by atoms with Crippen LogP contribution in [0.15, 0.2) is 59.8 Å². The van der Waals surface area contributed by atoms with E-state index >= 15 is 0 Å². The Balaban J connectivity index is 0.00000225. The molecule has 3 rings (SSSR count). The number of nitrogens with one attached hydrogen (secondary N) is 2. The lowest BCUT2D eigenvalue weighted by molar-refractivity contribution is 0.102. The summed E-state index contributed by atoms with van der Waals surface area (Å²) in [5, 5.41) is 4.07. The molecule has 1 amide bonds. The summed E-state index contributed by atoms with van der Waals surface area (Å²) in [6.07, 6.45) is 0. The molecule has 0 radical (unpaired) electrons. The van der Waals surface area contributed by atoms with E-state index in [1.807, 2.05) is 48.5 Å². The van der Waals surface area contributed by atoms with Gasteiger partial charge in [0.15, 0.2) is 10.3 Å². The van der Waals surface area contributed by atoms with Gasteiger partial charge < -0.3 is 10.3 Å². The maximum atomic E-state index is 12.5. The third-order valence-corrected chi connectivity index (χ3v) is 4.82. The van der Waals surface area contributed by atoms with E-state index in [1.54, 1.807) is 6.07 Å². The van der Waals surface area contributed by atoms with E-state index in [9.17, 15) is 4.79 Å². The second kappa shape index (κ2) is 9.15. The summed E-state index contributed by atoms with van der Waals surface area (Å²) in [7, 11) is 0. The molecule has 0 saturated carbocycles. The molecular formula is C17H14Cl3N3OS. The van der Waals surface area contributed by atoms with E-state index in [4.69, 9.17) is 23.2 Å². The number of H-pyrrole nitrogens is 1. The minimum Gasteiger partial charge on any atom is -0.323 e. The van der Waals surface area contributed by atoms with Crippen LogP contribution in [-0.4, -0.2) is 15.9 Å². The van der Waals surface area contributed by atoms with Crippen molar-refractivity contribution >= 4 is 59.0 Å². The third-order valence-electron chi connectivity index (χ3n) is 3.26. The Morgan fingerprint density at radius 3 is 2.44 bits per heavy atom. The summed E-state index contributed by atoms with van der Waals surface area (Å²) >= 11 is 13.1. The van der Waals surface area contributed by atoms with Gasteiger partial charge in [0.2, 0.25) is 0 Å². The van der Waals surface area contributed by atoms with Crippen LogP contribution in [-0.2, 0) is 5.75 Å². The monoisotopic (exact) mass is 413 g/mol. The number of aromatic amines is 1. The zero-order valence-electron chi connectivity index (χ0n) is 12.8. The lowest BCUT2D eigenvalue weighted by atomic mass is 10.1. The fourth-order valence-corrected chi connectivity index (χ4v) is 3.36. The molecule has 0 fully saturated rings. The minimum atomic E-state index is -0.145. The number of aromatic nitrogens is 2. The minimum absolute atomic E-state index is 0. The number of para-hydroxylation sites is 1. The molecule has 3 aromatic rings. The Bertz CT molecular complexity index is 836. The van der Waals surface area contributed by atoms with Gasteiger partial charge in [0.1, 0.15) is 5.15 Å². The highest BCUT2D eigenvalue weighted by Gasteiger charge is 2.13. The molecule has 0 aliphatic carbocycles. The summed E-state index contributed by atoms with van der Waals surface area (Å²) in [5.74, 6) is 0.423. The van der Waals surface area contributed by atoms with Gasteiger partial charge in [-0.3, -0.25) is 4.79 Å². The molecule has 1 heterocycles. The van der Waals surface area contributed by atoms with E-state index in [2.05, 4.69) is 15.3 Å². The Morgan fingerprint density at radius 2 is 1.76 bits per heavy atom. The lowest BCUT2D eigenvalue weighted by Gasteiger charge is -2.09. The van der Waals surface area contributed by atoms with Crippen molar-refractivity contribution in [3.05, 3.63) is 76.0 Å². The number of anilines is 1. The molecule has 1 aromatic heterocycles. The molecular weight excluding hydrogens is 401 g/mol. The number of thioether (sulfide) groups is 1. The number of halogens is 3. The summed E-state index contributed by atoms with van der Waals surface area (Å²) < 4.78 is 0. The second-order valence-corrected chi connectivity index (χ2v) is 6.61. The van der Waals surface area contributed by atoms with Gasteiger partial charge in [-0.05, 0) is 23.8 Å². The largest absolute Gasteiger partial charge is 0.323 e. The van der Waals surface area contributed by atoms with Gasteiger partial charge in [-0.2, -0.15) is 0 Å². The summed E-state index contributed by atoms with van der Waals surface area (Å²) in [6.45, 7) is 0. The fraction of sp³-hybridized carbons (Fsp3) is 0.0588. The topological polar surface area (TPSA) is 57.8 Å². The molecule has 0 spiro atoms. The number of hydrogen-bond acceptors (Lipinski definition) is 3. The molecule has 0 aliphatic heterocycles. The van der Waals surface area contributed by atoms with Crippen LogP contribution >= 0.6 is 47.4 Å². The Kier molecular flexibility index (Phi) is 7.20. The maximum Gasteiger partial charge on any atom is 0.255 e. The number of carbonyl (C=O) groups excluding carboxylic acids is 1. The zero-order chi connectivity index (χ0) is 16.9. The predicted octanol–water partition coefficient (Wildman–Crippen LogP) is 5.68. The quantitative estimate of drug-likeness (QED) is 0.528. The smallest absolute Gasteiger partial charge is 0.255 e. The summed E-state index contributed by atoms with van der Waals surface area (Å²) in [6, 6.07) is 16.8. The Hall–Kier alpha value is -1.66. The second-order valence-electron chi connectivity index (χ2n) is 4.91. The van der Waals surface area contributed by atoms with Crippen molar-refractivity contribution in [3.63, 3.8) is 0 Å². The maximum absolute atomic E-state index is 12.5. The normalized spacial score (nSPS) is 10.2. The molecule has 0 aliphatic rings. The fourth-order valence-electron chi connectivity index (χ4n) is 2.11. The molecule has 0 unspecified atom stereocenters. The first-order valence-electron chi connectivity index (χ1n) is 7.11. The molecule has 0 atom stereocenters. The van der Waals surface area contributed by atoms with Crippen LogP contribution < -0.4 is 5.32 Å². The van der Waals surface area contributed by atoms with Crippen molar-refractivity contribution in [2.24, 2.45) is 0 Å². The van der Waals surface area contributed by atoms with Crippen molar-refractivity contribution in [1.82, 2.24) is 9.97 Å². The molecule has 2 aromatic carbocycles. The molecule has 2 N–H and O–H groups in total. The highest BCUT2D eigenvalue weighted by Crippen LogP contribution is 2.27. The zero-order valence-corrected chi connectivity index (χ0v) is 16.0. The number of carbonyl (C=O) groups is 1. The summed E-state index contributed by atoms with van der Waals surface area (Å²) in [4.78, 5) is 19.5. The van der Waals surface area contributed by atoms with Crippen molar-refractivity contribution in [2.75, 3.05) is 5.32 Å². The average Bonchev–Trinajstić information content (AvgIpc) is 2.92. The lowest BCUT2D eigenvalue weighted by Crippen LogP contribution is -2.13. The van der Waals surface area contributed by atoms with Crippen LogP contribution in [0.1, 0.15) is 15.9 Å². The van der Waals surface area contributed by atoms with E-state index < -0.39 is 0 Å². The van der Waals surface area contributed by atoms with E-state index in [1.165, 1.54) is 11.8 Å². The first-order chi connectivity index (χ1) is 11.6. The molecule has 25 heavy (non-hydrogen) atoms.